The van der Waals surface area contributed by atoms with Crippen LogP contribution < -0.4 is 5.32 Å². The summed E-state index contributed by atoms with van der Waals surface area (Å²) >= 11 is 0. The number of carbonyl (C=O) groups excluding carboxylic acids is 3. The van der Waals surface area contributed by atoms with Crippen molar-refractivity contribution in [1.82, 2.24) is 15.1 Å². The van der Waals surface area contributed by atoms with Gasteiger partial charge in [0.15, 0.2) is 11.6 Å². The van der Waals surface area contributed by atoms with Gasteiger partial charge >= 0.3 is 6.03 Å². The Morgan fingerprint density at radius 2 is 2.00 bits per heavy atom. The van der Waals surface area contributed by atoms with E-state index in [0.717, 1.165) is 36.3 Å². The number of likely N-dealkylation sites (tertiary alicyclic amines) is 1. The topological polar surface area (TPSA) is 69.7 Å². The highest BCUT2D eigenvalue weighted by molar-refractivity contribution is 6.09. The van der Waals surface area contributed by atoms with E-state index in [0.29, 0.717) is 6.54 Å². The van der Waals surface area contributed by atoms with Crippen LogP contribution in [0.5, 0.6) is 0 Å². The molecule has 1 aromatic rings. The molecule has 140 valence electrons. The van der Waals surface area contributed by atoms with E-state index in [4.69, 9.17) is 0 Å². The quantitative estimate of drug-likeness (QED) is 0.835. The lowest BCUT2D eigenvalue weighted by atomic mass is 9.92. The van der Waals surface area contributed by atoms with Gasteiger partial charge in [-0.25, -0.2) is 13.6 Å². The van der Waals surface area contributed by atoms with E-state index in [9.17, 15) is 23.2 Å². The molecule has 2 fully saturated rings. The maximum atomic E-state index is 13.5. The molecule has 2 heterocycles. The van der Waals surface area contributed by atoms with Gasteiger partial charge in [-0.3, -0.25) is 14.5 Å². The molecule has 8 heteroatoms. The Balaban J connectivity index is 1.80. The van der Waals surface area contributed by atoms with E-state index < -0.39 is 29.1 Å². The minimum Gasteiger partial charge on any atom is -0.338 e. The average molecular weight is 365 g/mol. The van der Waals surface area contributed by atoms with Crippen molar-refractivity contribution in [1.29, 1.82) is 0 Å². The fraction of sp³-hybridized carbons (Fsp3) is 0.500. The summed E-state index contributed by atoms with van der Waals surface area (Å²) in [6, 6.07) is 2.37. The summed E-state index contributed by atoms with van der Waals surface area (Å²) in [7, 11) is 0. The fourth-order valence-electron chi connectivity index (χ4n) is 3.54. The van der Waals surface area contributed by atoms with Gasteiger partial charge in [0, 0.05) is 12.6 Å². The van der Waals surface area contributed by atoms with Gasteiger partial charge in [-0.15, -0.1) is 0 Å². The predicted octanol–water partition coefficient (Wildman–Crippen LogP) is 2.13. The molecule has 2 saturated heterocycles. The Bertz CT molecular complexity index is 770. The second kappa shape index (κ2) is 6.66. The smallest absolute Gasteiger partial charge is 0.325 e. The SMILES string of the molecule is CC1CCCCN1C(=O)CN1C(=O)NC(C)(c2ccc(F)c(F)c2)C1=O. The zero-order valence-electron chi connectivity index (χ0n) is 14.7. The molecule has 4 amide bonds. The molecule has 0 aliphatic carbocycles. The average Bonchev–Trinajstić information content (AvgIpc) is 2.81. The van der Waals surface area contributed by atoms with Crippen LogP contribution in [0.1, 0.15) is 38.7 Å². The van der Waals surface area contributed by atoms with Crippen LogP contribution >= 0.6 is 0 Å². The minimum absolute atomic E-state index is 0.0644. The largest absolute Gasteiger partial charge is 0.338 e. The van der Waals surface area contributed by atoms with E-state index >= 15 is 0 Å². The van der Waals surface area contributed by atoms with E-state index in [1.54, 1.807) is 4.90 Å². The van der Waals surface area contributed by atoms with Crippen molar-refractivity contribution in [2.45, 2.75) is 44.7 Å². The maximum Gasteiger partial charge on any atom is 0.325 e. The summed E-state index contributed by atoms with van der Waals surface area (Å²) in [5, 5.41) is 2.49. The first kappa shape index (κ1) is 18.3. The zero-order chi connectivity index (χ0) is 19.1. The molecule has 26 heavy (non-hydrogen) atoms. The van der Waals surface area contributed by atoms with Gasteiger partial charge in [-0.05, 0) is 50.8 Å². The summed E-state index contributed by atoms with van der Waals surface area (Å²) in [6.45, 7) is 3.58. The number of piperidine rings is 1. The van der Waals surface area contributed by atoms with Crippen molar-refractivity contribution >= 4 is 17.8 Å². The van der Waals surface area contributed by atoms with Crippen LogP contribution in [-0.4, -0.2) is 46.8 Å². The van der Waals surface area contributed by atoms with E-state index in [-0.39, 0.29) is 24.1 Å². The van der Waals surface area contributed by atoms with Gasteiger partial charge in [-0.1, -0.05) is 6.07 Å². The number of imide groups is 1. The minimum atomic E-state index is -1.54. The van der Waals surface area contributed by atoms with Crippen LogP contribution in [0.3, 0.4) is 0 Å². The third kappa shape index (κ3) is 3.04. The zero-order valence-corrected chi connectivity index (χ0v) is 14.7. The molecule has 2 unspecified atom stereocenters. The number of hydrogen-bond acceptors (Lipinski definition) is 3. The molecule has 1 aromatic carbocycles. The molecular weight excluding hydrogens is 344 g/mol. The molecule has 2 atom stereocenters. The normalized spacial score (nSPS) is 26.2. The van der Waals surface area contributed by atoms with E-state index in [1.165, 1.54) is 13.0 Å². The number of rotatable bonds is 3. The second-order valence-electron chi connectivity index (χ2n) is 7.01. The first-order valence-electron chi connectivity index (χ1n) is 8.63. The van der Waals surface area contributed by atoms with Crippen molar-refractivity contribution in [3.63, 3.8) is 0 Å². The molecule has 0 aromatic heterocycles. The molecule has 2 aliphatic rings. The van der Waals surface area contributed by atoms with Gasteiger partial charge in [0.2, 0.25) is 5.91 Å². The number of nitrogens with one attached hydrogen (secondary N) is 1. The van der Waals surface area contributed by atoms with Crippen LogP contribution in [0.2, 0.25) is 0 Å². The summed E-state index contributed by atoms with van der Waals surface area (Å²) in [6.07, 6.45) is 2.82. The highest BCUT2D eigenvalue weighted by Gasteiger charge is 2.50. The Morgan fingerprint density at radius 3 is 2.65 bits per heavy atom. The van der Waals surface area contributed by atoms with Crippen molar-refractivity contribution in [3.05, 3.63) is 35.4 Å². The van der Waals surface area contributed by atoms with Gasteiger partial charge in [0.05, 0.1) is 0 Å². The van der Waals surface area contributed by atoms with Gasteiger partial charge in [-0.2, -0.15) is 0 Å². The fourth-order valence-corrected chi connectivity index (χ4v) is 3.54. The number of amides is 4. The molecular formula is C18H21F2N3O3. The lowest BCUT2D eigenvalue weighted by molar-refractivity contribution is -0.140. The third-order valence-corrected chi connectivity index (χ3v) is 5.19. The van der Waals surface area contributed by atoms with E-state index in [1.807, 2.05) is 6.92 Å². The van der Waals surface area contributed by atoms with Crippen molar-refractivity contribution in [2.75, 3.05) is 13.1 Å². The van der Waals surface area contributed by atoms with Crippen LogP contribution in [-0.2, 0) is 15.1 Å². The number of hydrogen-bond donors (Lipinski definition) is 1. The number of carbonyl (C=O) groups is 3. The summed E-state index contributed by atoms with van der Waals surface area (Å²) in [5.41, 5.74) is -1.42. The first-order chi connectivity index (χ1) is 12.2. The third-order valence-electron chi connectivity index (χ3n) is 5.19. The standard InChI is InChI=1S/C18H21F2N3O3/c1-11-5-3-4-8-22(11)15(24)10-23-16(25)18(2,21-17(23)26)12-6-7-13(19)14(20)9-12/h6-7,9,11H,3-5,8,10H2,1-2H3,(H,21,26). The van der Waals surface area contributed by atoms with Gasteiger partial charge in [0.25, 0.3) is 5.91 Å². The Morgan fingerprint density at radius 1 is 1.27 bits per heavy atom. The van der Waals surface area contributed by atoms with Gasteiger partial charge < -0.3 is 10.2 Å². The molecule has 0 saturated carbocycles. The monoisotopic (exact) mass is 365 g/mol. The predicted molar refractivity (Wildman–Crippen MR) is 89.0 cm³/mol. The number of halogens is 2. The maximum absolute atomic E-state index is 13.5. The molecule has 1 N–H and O–H groups in total. The molecule has 6 nitrogen and oxygen atoms in total. The molecule has 0 bridgehead atoms. The molecule has 0 radical (unpaired) electrons. The highest BCUT2D eigenvalue weighted by Crippen LogP contribution is 2.30. The number of benzene rings is 1. The van der Waals surface area contributed by atoms with Crippen molar-refractivity contribution in [2.24, 2.45) is 0 Å². The van der Waals surface area contributed by atoms with E-state index in [2.05, 4.69) is 5.32 Å². The Kier molecular flexibility index (Phi) is 4.68. The first-order valence-corrected chi connectivity index (χ1v) is 8.63. The lowest BCUT2D eigenvalue weighted by Crippen LogP contribution is -2.48. The molecule has 0 spiro atoms. The number of urea groups is 1. The Hall–Kier alpha value is -2.51. The van der Waals surface area contributed by atoms with Crippen LogP contribution in [0.25, 0.3) is 0 Å². The summed E-state index contributed by atoms with van der Waals surface area (Å²) < 4.78 is 26.7. The number of nitrogens with zero attached hydrogens (tertiary/aromatic N) is 2. The lowest BCUT2D eigenvalue weighted by Gasteiger charge is -2.34. The Labute approximate surface area is 150 Å². The second-order valence-corrected chi connectivity index (χ2v) is 7.01. The van der Waals surface area contributed by atoms with Crippen LogP contribution in [0.15, 0.2) is 18.2 Å². The van der Waals surface area contributed by atoms with Crippen molar-refractivity contribution in [3.8, 4) is 0 Å². The molecule has 3 rings (SSSR count). The molecule has 2 aliphatic heterocycles. The van der Waals surface area contributed by atoms with Crippen LogP contribution in [0.4, 0.5) is 13.6 Å². The summed E-state index contributed by atoms with van der Waals surface area (Å²) in [5.74, 6) is -3.11. The van der Waals surface area contributed by atoms with Gasteiger partial charge in [0.1, 0.15) is 12.1 Å². The van der Waals surface area contributed by atoms with Crippen molar-refractivity contribution < 1.29 is 23.2 Å². The summed E-state index contributed by atoms with van der Waals surface area (Å²) in [4.78, 5) is 40.1. The highest BCUT2D eigenvalue weighted by atomic mass is 19.2. The van der Waals surface area contributed by atoms with Crippen LogP contribution in [0, 0.1) is 11.6 Å².